The Morgan fingerprint density at radius 1 is 1.20 bits per heavy atom. The highest BCUT2D eigenvalue weighted by Gasteiger charge is 2.51. The Bertz CT molecular complexity index is 932. The largest absolute Gasteiger partial charge is 0.350 e. The van der Waals surface area contributed by atoms with Crippen LogP contribution in [-0.4, -0.2) is 31.5 Å². The Balaban J connectivity index is 1.23. The topological polar surface area (TPSA) is 79.8 Å². The fourth-order valence-electron chi connectivity index (χ4n) is 6.31. The highest BCUT2D eigenvalue weighted by Crippen LogP contribution is 2.55. The van der Waals surface area contributed by atoms with Gasteiger partial charge in [0.05, 0.1) is 5.25 Å². The minimum absolute atomic E-state index is 0.0131. The molecule has 0 spiro atoms. The van der Waals surface area contributed by atoms with E-state index in [1.165, 1.54) is 36.6 Å². The van der Waals surface area contributed by atoms with E-state index in [0.717, 1.165) is 43.4 Å². The summed E-state index contributed by atoms with van der Waals surface area (Å²) in [6.07, 6.45) is 8.27. The number of carbonyl (C=O) groups is 1. The molecule has 4 fully saturated rings. The standard InChI is InChI=1S/C23H30N4O2S/c1-15(20(28)24-23-12-17-9-18(13-23)11-19(10-17)14-23)30-22-26-25-21(29)27(22)8-7-16-5-3-2-4-6-16/h2-6,15,17-19H,7-14H2,1H3,(H,24,28)(H,25,29). The smallest absolute Gasteiger partial charge is 0.343 e. The summed E-state index contributed by atoms with van der Waals surface area (Å²) < 4.78 is 1.65. The molecule has 0 saturated heterocycles. The maximum atomic E-state index is 13.1. The maximum Gasteiger partial charge on any atom is 0.343 e. The molecule has 6 nitrogen and oxygen atoms in total. The van der Waals surface area contributed by atoms with Gasteiger partial charge in [0.1, 0.15) is 0 Å². The van der Waals surface area contributed by atoms with Crippen LogP contribution in [0.15, 0.2) is 40.3 Å². The zero-order valence-corrected chi connectivity index (χ0v) is 18.3. The molecule has 4 saturated carbocycles. The van der Waals surface area contributed by atoms with Crippen molar-refractivity contribution >= 4 is 17.7 Å². The molecule has 2 N–H and O–H groups in total. The van der Waals surface area contributed by atoms with Crippen molar-refractivity contribution in [2.24, 2.45) is 17.8 Å². The second-order valence-electron chi connectivity index (χ2n) is 9.65. The molecule has 1 amide bonds. The van der Waals surface area contributed by atoms with Gasteiger partial charge in [-0.15, -0.1) is 5.10 Å². The molecule has 0 radical (unpaired) electrons. The lowest BCUT2D eigenvalue weighted by molar-refractivity contribution is -0.126. The Hall–Kier alpha value is -2.02. The average molecular weight is 427 g/mol. The van der Waals surface area contributed by atoms with Gasteiger partial charge in [0.2, 0.25) is 5.91 Å². The first kappa shape index (κ1) is 19.9. The van der Waals surface area contributed by atoms with E-state index in [1.807, 2.05) is 25.1 Å². The molecule has 160 valence electrons. The molecule has 4 bridgehead atoms. The summed E-state index contributed by atoms with van der Waals surface area (Å²) in [5.41, 5.74) is 0.968. The highest BCUT2D eigenvalue weighted by atomic mass is 32.2. The molecule has 7 heteroatoms. The number of thioether (sulfide) groups is 1. The van der Waals surface area contributed by atoms with Crippen molar-refractivity contribution in [3.63, 3.8) is 0 Å². The number of rotatable bonds is 7. The molecule has 0 aliphatic heterocycles. The zero-order chi connectivity index (χ0) is 20.7. The third kappa shape index (κ3) is 3.96. The molecule has 1 heterocycles. The summed E-state index contributed by atoms with van der Waals surface area (Å²) in [5, 5.41) is 10.5. The van der Waals surface area contributed by atoms with Gasteiger partial charge in [-0.2, -0.15) is 0 Å². The maximum absolute atomic E-state index is 13.1. The molecule has 6 rings (SSSR count). The molecule has 4 aliphatic carbocycles. The van der Waals surface area contributed by atoms with Crippen molar-refractivity contribution in [2.45, 2.75) is 74.4 Å². The normalized spacial score (nSPS) is 30.4. The number of benzene rings is 1. The van der Waals surface area contributed by atoms with Crippen LogP contribution in [0.5, 0.6) is 0 Å². The summed E-state index contributed by atoms with van der Waals surface area (Å²) in [6.45, 7) is 2.46. The van der Waals surface area contributed by atoms with Gasteiger partial charge >= 0.3 is 5.69 Å². The lowest BCUT2D eigenvalue weighted by Gasteiger charge is -2.57. The third-order valence-electron chi connectivity index (χ3n) is 7.27. The van der Waals surface area contributed by atoms with E-state index in [2.05, 4.69) is 27.6 Å². The third-order valence-corrected chi connectivity index (χ3v) is 8.36. The van der Waals surface area contributed by atoms with E-state index in [4.69, 9.17) is 0 Å². The summed E-state index contributed by atoms with van der Waals surface area (Å²) in [5.74, 6) is 2.48. The molecular weight excluding hydrogens is 396 g/mol. The number of H-pyrrole nitrogens is 1. The molecule has 2 aromatic rings. The van der Waals surface area contributed by atoms with Gasteiger partial charge in [-0.05, 0) is 75.2 Å². The molecule has 30 heavy (non-hydrogen) atoms. The summed E-state index contributed by atoms with van der Waals surface area (Å²) in [7, 11) is 0. The van der Waals surface area contributed by atoms with Crippen LogP contribution in [-0.2, 0) is 17.8 Å². The first-order chi connectivity index (χ1) is 14.5. The Morgan fingerprint density at radius 2 is 1.83 bits per heavy atom. The van der Waals surface area contributed by atoms with Gasteiger partial charge < -0.3 is 5.32 Å². The molecule has 4 aliphatic rings. The molecular formula is C23H30N4O2S. The zero-order valence-electron chi connectivity index (χ0n) is 17.5. The number of hydrogen-bond acceptors (Lipinski definition) is 4. The van der Waals surface area contributed by atoms with Crippen molar-refractivity contribution in [2.75, 3.05) is 0 Å². The minimum Gasteiger partial charge on any atom is -0.350 e. The van der Waals surface area contributed by atoms with E-state index < -0.39 is 0 Å². The van der Waals surface area contributed by atoms with E-state index in [1.54, 1.807) is 4.57 Å². The van der Waals surface area contributed by atoms with E-state index in [0.29, 0.717) is 11.7 Å². The van der Waals surface area contributed by atoms with E-state index in [-0.39, 0.29) is 22.4 Å². The van der Waals surface area contributed by atoms with E-state index >= 15 is 0 Å². The monoisotopic (exact) mass is 426 g/mol. The van der Waals surface area contributed by atoms with Crippen LogP contribution >= 0.6 is 11.8 Å². The summed E-state index contributed by atoms with van der Waals surface area (Å²) in [4.78, 5) is 25.3. The van der Waals surface area contributed by atoms with Gasteiger partial charge in [0, 0.05) is 12.1 Å². The van der Waals surface area contributed by atoms with Crippen molar-refractivity contribution in [1.29, 1.82) is 0 Å². The minimum atomic E-state index is -0.288. The Morgan fingerprint density at radius 3 is 2.47 bits per heavy atom. The fraction of sp³-hybridized carbons (Fsp3) is 0.609. The van der Waals surface area contributed by atoms with Gasteiger partial charge in [-0.25, -0.2) is 9.89 Å². The van der Waals surface area contributed by atoms with Gasteiger partial charge in [0.25, 0.3) is 0 Å². The van der Waals surface area contributed by atoms with Gasteiger partial charge in [0.15, 0.2) is 5.16 Å². The number of aromatic nitrogens is 3. The Labute approximate surface area is 181 Å². The number of aryl methyl sites for hydroxylation is 1. The van der Waals surface area contributed by atoms with Crippen molar-refractivity contribution in [3.05, 3.63) is 46.4 Å². The van der Waals surface area contributed by atoms with Crippen LogP contribution in [0.4, 0.5) is 0 Å². The van der Waals surface area contributed by atoms with Gasteiger partial charge in [-0.1, -0.05) is 42.1 Å². The Kier molecular flexibility index (Phi) is 5.25. The number of carbonyl (C=O) groups excluding carboxylic acids is 1. The van der Waals surface area contributed by atoms with Crippen LogP contribution in [0.2, 0.25) is 0 Å². The lowest BCUT2D eigenvalue weighted by Crippen LogP contribution is -2.60. The number of nitrogens with zero attached hydrogens (tertiary/aromatic N) is 2. The summed E-state index contributed by atoms with van der Waals surface area (Å²) >= 11 is 1.37. The molecule has 1 atom stereocenters. The van der Waals surface area contributed by atoms with Crippen molar-refractivity contribution < 1.29 is 4.79 Å². The molecule has 1 aromatic heterocycles. The number of hydrogen-bond donors (Lipinski definition) is 2. The second-order valence-corrected chi connectivity index (χ2v) is 11.0. The quantitative estimate of drug-likeness (QED) is 0.665. The predicted molar refractivity (Wildman–Crippen MR) is 117 cm³/mol. The van der Waals surface area contributed by atoms with Crippen molar-refractivity contribution in [1.82, 2.24) is 20.1 Å². The first-order valence-corrected chi connectivity index (χ1v) is 12.1. The van der Waals surface area contributed by atoms with Gasteiger partial charge in [-0.3, -0.25) is 9.36 Å². The molecule has 1 aromatic carbocycles. The first-order valence-electron chi connectivity index (χ1n) is 11.2. The predicted octanol–water partition coefficient (Wildman–Crippen LogP) is 3.38. The average Bonchev–Trinajstić information content (AvgIpc) is 3.05. The van der Waals surface area contributed by atoms with Crippen LogP contribution in [0, 0.1) is 17.8 Å². The summed E-state index contributed by atoms with van der Waals surface area (Å²) in [6, 6.07) is 10.1. The highest BCUT2D eigenvalue weighted by molar-refractivity contribution is 8.00. The number of nitrogens with one attached hydrogen (secondary N) is 2. The van der Waals surface area contributed by atoms with Crippen LogP contribution in [0.25, 0.3) is 0 Å². The van der Waals surface area contributed by atoms with Crippen LogP contribution in [0.3, 0.4) is 0 Å². The van der Waals surface area contributed by atoms with E-state index in [9.17, 15) is 9.59 Å². The lowest BCUT2D eigenvalue weighted by atomic mass is 9.53. The van der Waals surface area contributed by atoms with Crippen molar-refractivity contribution in [3.8, 4) is 0 Å². The second kappa shape index (κ2) is 7.91. The number of amides is 1. The van der Waals surface area contributed by atoms with Crippen LogP contribution in [0.1, 0.15) is 51.0 Å². The fourth-order valence-corrected chi connectivity index (χ4v) is 7.20. The molecule has 1 unspecified atom stereocenters. The number of aromatic amines is 1. The SMILES string of the molecule is CC(Sc1n[nH]c(=O)n1CCc1ccccc1)C(=O)NC12CC3CC(CC(C3)C1)C2. The van der Waals surface area contributed by atoms with Crippen LogP contribution < -0.4 is 11.0 Å².